The summed E-state index contributed by atoms with van der Waals surface area (Å²) in [4.78, 5) is 12.8. The van der Waals surface area contributed by atoms with E-state index in [4.69, 9.17) is 19.6 Å². The molecule has 0 bridgehead atoms. The fourth-order valence-corrected chi connectivity index (χ4v) is 3.38. The van der Waals surface area contributed by atoms with Gasteiger partial charge in [-0.3, -0.25) is 5.41 Å². The number of hydrogen-bond donors (Lipinski definition) is 1. The second-order valence-corrected chi connectivity index (χ2v) is 6.22. The van der Waals surface area contributed by atoms with Gasteiger partial charge in [0.15, 0.2) is 0 Å². The van der Waals surface area contributed by atoms with E-state index in [0.717, 1.165) is 16.3 Å². The van der Waals surface area contributed by atoms with E-state index in [9.17, 15) is 10.1 Å². The molecule has 6 heteroatoms. The number of ether oxygens (including phenoxy) is 3. The molecule has 2 atom stereocenters. The SMILES string of the molecule is COCCOC(=O)C1=C(C)OC(=N)C(C#N)C1c1cccc2ccccc12. The third-order valence-corrected chi connectivity index (χ3v) is 4.61. The minimum absolute atomic E-state index is 0.100. The normalized spacial score (nSPS) is 19.5. The van der Waals surface area contributed by atoms with Crippen LogP contribution in [-0.4, -0.2) is 32.2 Å². The summed E-state index contributed by atoms with van der Waals surface area (Å²) in [7, 11) is 1.52. The zero-order valence-electron chi connectivity index (χ0n) is 15.2. The Labute approximate surface area is 157 Å². The summed E-state index contributed by atoms with van der Waals surface area (Å²) < 4.78 is 15.6. The first-order valence-electron chi connectivity index (χ1n) is 8.59. The summed E-state index contributed by atoms with van der Waals surface area (Å²) in [5.41, 5.74) is 1.07. The van der Waals surface area contributed by atoms with Crippen LogP contribution in [0, 0.1) is 22.7 Å². The summed E-state index contributed by atoms with van der Waals surface area (Å²) in [6, 6.07) is 15.6. The highest BCUT2D eigenvalue weighted by Crippen LogP contribution is 2.42. The lowest BCUT2D eigenvalue weighted by Gasteiger charge is -2.31. The third-order valence-electron chi connectivity index (χ3n) is 4.61. The largest absolute Gasteiger partial charge is 0.460 e. The molecule has 1 aliphatic heterocycles. The maximum Gasteiger partial charge on any atom is 0.338 e. The summed E-state index contributed by atoms with van der Waals surface area (Å²) >= 11 is 0. The minimum Gasteiger partial charge on any atom is -0.460 e. The fraction of sp³-hybridized carbons (Fsp3) is 0.286. The molecule has 2 aromatic rings. The van der Waals surface area contributed by atoms with E-state index in [1.165, 1.54) is 7.11 Å². The molecule has 0 spiro atoms. The Bertz CT molecular complexity index is 953. The molecular weight excluding hydrogens is 344 g/mol. The van der Waals surface area contributed by atoms with Gasteiger partial charge in [0.25, 0.3) is 0 Å². The lowest BCUT2D eigenvalue weighted by molar-refractivity contribution is -0.141. The monoisotopic (exact) mass is 364 g/mol. The van der Waals surface area contributed by atoms with Gasteiger partial charge in [0.1, 0.15) is 18.3 Å². The second kappa shape index (κ2) is 8.02. The van der Waals surface area contributed by atoms with Crippen molar-refractivity contribution in [1.29, 1.82) is 10.7 Å². The van der Waals surface area contributed by atoms with Crippen LogP contribution in [-0.2, 0) is 19.0 Å². The lowest BCUT2D eigenvalue weighted by atomic mass is 9.77. The smallest absolute Gasteiger partial charge is 0.338 e. The van der Waals surface area contributed by atoms with E-state index in [-0.39, 0.29) is 30.4 Å². The van der Waals surface area contributed by atoms with E-state index >= 15 is 0 Å². The highest BCUT2D eigenvalue weighted by atomic mass is 16.6. The molecule has 1 aliphatic rings. The Morgan fingerprint density at radius 1 is 1.22 bits per heavy atom. The molecule has 0 saturated heterocycles. The quantitative estimate of drug-likeness (QED) is 0.647. The molecule has 2 aromatic carbocycles. The summed E-state index contributed by atoms with van der Waals surface area (Å²) in [5, 5.41) is 19.7. The summed E-state index contributed by atoms with van der Waals surface area (Å²) in [5.74, 6) is -2.00. The molecule has 0 fully saturated rings. The molecule has 3 rings (SSSR count). The standard InChI is InChI=1S/C21H20N2O4/c1-13-18(21(24)26-11-10-25-2)19(17(12-22)20(23)27-13)16-9-5-7-14-6-3-4-8-15(14)16/h3-9,17,19,23H,10-11H2,1-2H3. The minimum atomic E-state index is -0.913. The number of rotatable bonds is 5. The van der Waals surface area contributed by atoms with Crippen molar-refractivity contribution in [1.82, 2.24) is 0 Å². The van der Waals surface area contributed by atoms with Crippen LogP contribution in [0.2, 0.25) is 0 Å². The Morgan fingerprint density at radius 2 is 1.96 bits per heavy atom. The van der Waals surface area contributed by atoms with Gasteiger partial charge in [0.2, 0.25) is 5.90 Å². The van der Waals surface area contributed by atoms with Crippen molar-refractivity contribution in [3.8, 4) is 6.07 Å². The number of esters is 1. The van der Waals surface area contributed by atoms with E-state index in [0.29, 0.717) is 0 Å². The molecule has 0 amide bonds. The highest BCUT2D eigenvalue weighted by Gasteiger charge is 2.41. The number of benzene rings is 2. The predicted molar refractivity (Wildman–Crippen MR) is 100 cm³/mol. The second-order valence-electron chi connectivity index (χ2n) is 6.22. The van der Waals surface area contributed by atoms with Crippen molar-refractivity contribution in [2.45, 2.75) is 12.8 Å². The van der Waals surface area contributed by atoms with Gasteiger partial charge in [-0.25, -0.2) is 4.79 Å². The first-order chi connectivity index (χ1) is 13.1. The van der Waals surface area contributed by atoms with Gasteiger partial charge in [-0.15, -0.1) is 0 Å². The van der Waals surface area contributed by atoms with Gasteiger partial charge >= 0.3 is 5.97 Å². The molecule has 2 unspecified atom stereocenters. The molecule has 0 radical (unpaired) electrons. The van der Waals surface area contributed by atoms with Crippen LogP contribution in [0.5, 0.6) is 0 Å². The van der Waals surface area contributed by atoms with Crippen molar-refractivity contribution in [3.63, 3.8) is 0 Å². The average molecular weight is 364 g/mol. The van der Waals surface area contributed by atoms with Crippen molar-refractivity contribution in [3.05, 3.63) is 59.4 Å². The number of carbonyl (C=O) groups excluding carboxylic acids is 1. The van der Waals surface area contributed by atoms with Crippen LogP contribution < -0.4 is 0 Å². The number of nitrogens with zero attached hydrogens (tertiary/aromatic N) is 1. The van der Waals surface area contributed by atoms with Crippen LogP contribution in [0.4, 0.5) is 0 Å². The predicted octanol–water partition coefficient (Wildman–Crippen LogP) is 3.53. The van der Waals surface area contributed by atoms with Crippen molar-refractivity contribution in [2.24, 2.45) is 5.92 Å². The summed E-state index contributed by atoms with van der Waals surface area (Å²) in [6.07, 6.45) is 0. The number of nitrogens with one attached hydrogen (secondary N) is 1. The number of carbonyl (C=O) groups is 1. The van der Waals surface area contributed by atoms with Crippen molar-refractivity contribution >= 4 is 22.6 Å². The number of methoxy groups -OCH3 is 1. The van der Waals surface area contributed by atoms with Gasteiger partial charge in [-0.2, -0.15) is 5.26 Å². The molecular formula is C21H20N2O4. The Balaban J connectivity index is 2.14. The fourth-order valence-electron chi connectivity index (χ4n) is 3.38. The topological polar surface area (TPSA) is 92.4 Å². The number of hydrogen-bond acceptors (Lipinski definition) is 6. The van der Waals surface area contributed by atoms with Gasteiger partial charge < -0.3 is 14.2 Å². The zero-order valence-corrected chi connectivity index (χ0v) is 15.2. The van der Waals surface area contributed by atoms with Gasteiger partial charge in [0, 0.05) is 13.0 Å². The number of allylic oxidation sites excluding steroid dienone is 1. The highest BCUT2D eigenvalue weighted by molar-refractivity contribution is 5.98. The number of fused-ring (bicyclic) bond motifs is 1. The maximum atomic E-state index is 12.8. The van der Waals surface area contributed by atoms with Crippen LogP contribution >= 0.6 is 0 Å². The van der Waals surface area contributed by atoms with Crippen LogP contribution in [0.1, 0.15) is 18.4 Å². The molecule has 1 N–H and O–H groups in total. The van der Waals surface area contributed by atoms with Crippen molar-refractivity contribution < 1.29 is 19.0 Å². The Morgan fingerprint density at radius 3 is 2.70 bits per heavy atom. The van der Waals surface area contributed by atoms with Gasteiger partial charge in [-0.1, -0.05) is 42.5 Å². The van der Waals surface area contributed by atoms with E-state index in [1.807, 2.05) is 42.5 Å². The first-order valence-corrected chi connectivity index (χ1v) is 8.59. The third kappa shape index (κ3) is 3.55. The Kier molecular flexibility index (Phi) is 5.53. The molecule has 0 saturated carbocycles. The lowest BCUT2D eigenvalue weighted by Crippen LogP contribution is -2.33. The van der Waals surface area contributed by atoms with E-state index in [1.54, 1.807) is 6.92 Å². The van der Waals surface area contributed by atoms with Gasteiger partial charge in [-0.05, 0) is 23.3 Å². The molecule has 27 heavy (non-hydrogen) atoms. The first kappa shape index (κ1) is 18.6. The maximum absolute atomic E-state index is 12.8. The molecule has 0 aromatic heterocycles. The molecule has 0 aliphatic carbocycles. The van der Waals surface area contributed by atoms with Crippen LogP contribution in [0.25, 0.3) is 10.8 Å². The zero-order chi connectivity index (χ0) is 19.4. The summed E-state index contributed by atoms with van der Waals surface area (Å²) in [6.45, 7) is 1.99. The van der Waals surface area contributed by atoms with E-state index < -0.39 is 17.8 Å². The molecule has 138 valence electrons. The number of nitriles is 1. The van der Waals surface area contributed by atoms with Crippen LogP contribution in [0.15, 0.2) is 53.8 Å². The Hall–Kier alpha value is -3.17. The van der Waals surface area contributed by atoms with Gasteiger partial charge in [0.05, 0.1) is 18.2 Å². The molecule has 6 nitrogen and oxygen atoms in total. The molecule has 1 heterocycles. The van der Waals surface area contributed by atoms with Crippen molar-refractivity contribution in [2.75, 3.05) is 20.3 Å². The van der Waals surface area contributed by atoms with Crippen LogP contribution in [0.3, 0.4) is 0 Å². The average Bonchev–Trinajstić information content (AvgIpc) is 2.67. The van der Waals surface area contributed by atoms with E-state index in [2.05, 4.69) is 6.07 Å².